The summed E-state index contributed by atoms with van der Waals surface area (Å²) >= 11 is 0. The number of pyridine rings is 1. The Hall–Kier alpha value is -0.980. The summed E-state index contributed by atoms with van der Waals surface area (Å²) in [4.78, 5) is 3.99. The molecule has 0 aromatic carbocycles. The monoisotopic (exact) mass is 298 g/mol. The average molecular weight is 298 g/mol. The zero-order chi connectivity index (χ0) is 14.6. The summed E-state index contributed by atoms with van der Waals surface area (Å²) in [6.07, 6.45) is 4.31. The van der Waals surface area contributed by atoms with E-state index in [2.05, 4.69) is 9.71 Å². The van der Waals surface area contributed by atoms with Crippen LogP contribution < -0.4 is 4.72 Å². The van der Waals surface area contributed by atoms with Crippen molar-refractivity contribution in [1.82, 2.24) is 9.71 Å². The second kappa shape index (κ2) is 6.65. The van der Waals surface area contributed by atoms with Crippen molar-refractivity contribution in [3.63, 3.8) is 0 Å². The van der Waals surface area contributed by atoms with Crippen molar-refractivity contribution in [3.05, 3.63) is 30.1 Å². The topological polar surface area (TPSA) is 68.3 Å². The summed E-state index contributed by atoms with van der Waals surface area (Å²) in [7, 11) is -3.23. The standard InChI is InChI=1S/C14H22N2O3S/c1-11(2)10-20(17,18)16-14-9-19-8-13(14)7-12-3-5-15-6-4-12/h3-6,11,13-14,16H,7-10H2,1-2H3/t13-,14+/m1/s1. The predicted octanol–water partition coefficient (Wildman–Crippen LogP) is 1.21. The Kier molecular flexibility index (Phi) is 5.12. The van der Waals surface area contributed by atoms with Crippen LogP contribution in [0.5, 0.6) is 0 Å². The molecule has 20 heavy (non-hydrogen) atoms. The van der Waals surface area contributed by atoms with Crippen LogP contribution in [-0.2, 0) is 21.2 Å². The van der Waals surface area contributed by atoms with Gasteiger partial charge in [0.05, 0.1) is 25.0 Å². The zero-order valence-electron chi connectivity index (χ0n) is 12.0. The van der Waals surface area contributed by atoms with Gasteiger partial charge in [0.1, 0.15) is 0 Å². The lowest BCUT2D eigenvalue weighted by molar-refractivity contribution is 0.183. The van der Waals surface area contributed by atoms with E-state index in [9.17, 15) is 8.42 Å². The summed E-state index contributed by atoms with van der Waals surface area (Å²) < 4.78 is 32.3. The number of rotatable bonds is 6. The molecule has 0 unspecified atom stereocenters. The first-order valence-corrected chi connectivity index (χ1v) is 8.58. The Morgan fingerprint density at radius 2 is 2.05 bits per heavy atom. The lowest BCUT2D eigenvalue weighted by Crippen LogP contribution is -2.42. The van der Waals surface area contributed by atoms with Crippen molar-refractivity contribution in [3.8, 4) is 0 Å². The van der Waals surface area contributed by atoms with Gasteiger partial charge in [-0.25, -0.2) is 13.1 Å². The predicted molar refractivity (Wildman–Crippen MR) is 77.8 cm³/mol. The number of hydrogen-bond acceptors (Lipinski definition) is 4. The molecule has 112 valence electrons. The fraction of sp³-hybridized carbons (Fsp3) is 0.643. The molecule has 1 aliphatic heterocycles. The number of nitrogens with zero attached hydrogens (tertiary/aromatic N) is 1. The van der Waals surface area contributed by atoms with E-state index in [1.165, 1.54) is 0 Å². The number of hydrogen-bond donors (Lipinski definition) is 1. The summed E-state index contributed by atoms with van der Waals surface area (Å²) in [6, 6.07) is 3.78. The van der Waals surface area contributed by atoms with E-state index >= 15 is 0 Å². The maximum absolute atomic E-state index is 12.0. The van der Waals surface area contributed by atoms with E-state index in [1.807, 2.05) is 26.0 Å². The van der Waals surface area contributed by atoms with Crippen molar-refractivity contribution in [2.75, 3.05) is 19.0 Å². The Morgan fingerprint density at radius 3 is 2.70 bits per heavy atom. The number of aromatic nitrogens is 1. The molecule has 0 aliphatic carbocycles. The van der Waals surface area contributed by atoms with Crippen LogP contribution in [0.4, 0.5) is 0 Å². The molecular formula is C14H22N2O3S. The van der Waals surface area contributed by atoms with Gasteiger partial charge < -0.3 is 4.74 Å². The van der Waals surface area contributed by atoms with Gasteiger partial charge in [-0.15, -0.1) is 0 Å². The van der Waals surface area contributed by atoms with Gasteiger partial charge in [0.2, 0.25) is 10.0 Å². The Bertz CT molecular complexity index is 516. The minimum atomic E-state index is -3.23. The number of nitrogens with one attached hydrogen (secondary N) is 1. The summed E-state index contributed by atoms with van der Waals surface area (Å²) in [5.74, 6) is 0.457. The lowest BCUT2D eigenvalue weighted by Gasteiger charge is -2.19. The number of ether oxygens (including phenoxy) is 1. The minimum Gasteiger partial charge on any atom is -0.379 e. The number of sulfonamides is 1. The second-order valence-electron chi connectivity index (χ2n) is 5.76. The maximum atomic E-state index is 12.0. The maximum Gasteiger partial charge on any atom is 0.212 e. The first-order valence-electron chi connectivity index (χ1n) is 6.93. The van der Waals surface area contributed by atoms with Crippen LogP contribution >= 0.6 is 0 Å². The molecule has 0 spiro atoms. The van der Waals surface area contributed by atoms with Crippen LogP contribution in [0, 0.1) is 11.8 Å². The SMILES string of the molecule is CC(C)CS(=O)(=O)N[C@H]1COC[C@H]1Cc1ccncc1. The van der Waals surface area contributed by atoms with Crippen LogP contribution in [-0.4, -0.2) is 38.4 Å². The van der Waals surface area contributed by atoms with Gasteiger partial charge in [0, 0.05) is 18.3 Å². The van der Waals surface area contributed by atoms with Gasteiger partial charge in [-0.3, -0.25) is 4.98 Å². The highest BCUT2D eigenvalue weighted by atomic mass is 32.2. The van der Waals surface area contributed by atoms with E-state index < -0.39 is 10.0 Å². The first-order chi connectivity index (χ1) is 9.46. The van der Waals surface area contributed by atoms with E-state index in [1.54, 1.807) is 12.4 Å². The molecule has 0 amide bonds. The largest absolute Gasteiger partial charge is 0.379 e. The molecule has 0 radical (unpaired) electrons. The molecule has 0 bridgehead atoms. The van der Waals surface area contributed by atoms with Crippen molar-refractivity contribution in [2.24, 2.45) is 11.8 Å². The van der Waals surface area contributed by atoms with E-state index in [0.29, 0.717) is 13.2 Å². The molecule has 0 saturated carbocycles. The highest BCUT2D eigenvalue weighted by Crippen LogP contribution is 2.20. The third-order valence-corrected chi connectivity index (χ3v) is 5.10. The Balaban J connectivity index is 1.97. The van der Waals surface area contributed by atoms with Crippen molar-refractivity contribution >= 4 is 10.0 Å². The Labute approximate surface area is 120 Å². The smallest absolute Gasteiger partial charge is 0.212 e. The molecule has 1 aromatic heterocycles. The molecule has 6 heteroatoms. The normalized spacial score (nSPS) is 23.4. The molecule has 1 N–H and O–H groups in total. The lowest BCUT2D eigenvalue weighted by atomic mass is 9.96. The van der Waals surface area contributed by atoms with Crippen molar-refractivity contribution in [2.45, 2.75) is 26.3 Å². The molecule has 1 saturated heterocycles. The average Bonchev–Trinajstić information content (AvgIpc) is 2.75. The zero-order valence-corrected chi connectivity index (χ0v) is 12.8. The molecule has 2 atom stereocenters. The highest BCUT2D eigenvalue weighted by molar-refractivity contribution is 7.89. The van der Waals surface area contributed by atoms with E-state index in [-0.39, 0.29) is 23.6 Å². The fourth-order valence-electron chi connectivity index (χ4n) is 2.47. The quantitative estimate of drug-likeness (QED) is 0.857. The fourth-order valence-corrected chi connectivity index (χ4v) is 4.16. The molecule has 1 aromatic rings. The van der Waals surface area contributed by atoms with Crippen molar-refractivity contribution < 1.29 is 13.2 Å². The summed E-state index contributed by atoms with van der Waals surface area (Å²) in [5, 5.41) is 0. The molecule has 1 fully saturated rings. The van der Waals surface area contributed by atoms with Crippen LogP contribution in [0.2, 0.25) is 0 Å². The van der Waals surface area contributed by atoms with Gasteiger partial charge >= 0.3 is 0 Å². The first kappa shape index (κ1) is 15.4. The summed E-state index contributed by atoms with van der Waals surface area (Å²) in [6.45, 7) is 4.85. The molecule has 1 aliphatic rings. The molecule has 2 rings (SSSR count). The van der Waals surface area contributed by atoms with Gasteiger partial charge in [-0.05, 0) is 30.0 Å². The molecule has 5 nitrogen and oxygen atoms in total. The van der Waals surface area contributed by atoms with Crippen LogP contribution in [0.25, 0.3) is 0 Å². The second-order valence-corrected chi connectivity index (χ2v) is 7.56. The van der Waals surface area contributed by atoms with E-state index in [0.717, 1.165) is 12.0 Å². The third-order valence-electron chi connectivity index (χ3n) is 3.33. The van der Waals surface area contributed by atoms with Gasteiger partial charge in [-0.2, -0.15) is 0 Å². The Morgan fingerprint density at radius 1 is 1.35 bits per heavy atom. The van der Waals surface area contributed by atoms with Crippen LogP contribution in [0.1, 0.15) is 19.4 Å². The van der Waals surface area contributed by atoms with Gasteiger partial charge in [0.15, 0.2) is 0 Å². The minimum absolute atomic E-state index is 0.119. The third kappa shape index (κ3) is 4.54. The van der Waals surface area contributed by atoms with E-state index in [4.69, 9.17) is 4.74 Å². The van der Waals surface area contributed by atoms with Crippen LogP contribution in [0.15, 0.2) is 24.5 Å². The van der Waals surface area contributed by atoms with Gasteiger partial charge in [-0.1, -0.05) is 13.8 Å². The van der Waals surface area contributed by atoms with Gasteiger partial charge in [0.25, 0.3) is 0 Å². The highest BCUT2D eigenvalue weighted by Gasteiger charge is 2.31. The van der Waals surface area contributed by atoms with Crippen molar-refractivity contribution in [1.29, 1.82) is 0 Å². The summed E-state index contributed by atoms with van der Waals surface area (Å²) in [5.41, 5.74) is 1.16. The molecular weight excluding hydrogens is 276 g/mol. The van der Waals surface area contributed by atoms with Crippen LogP contribution in [0.3, 0.4) is 0 Å². The molecule has 2 heterocycles.